The van der Waals surface area contributed by atoms with E-state index >= 15 is 0 Å². The summed E-state index contributed by atoms with van der Waals surface area (Å²) in [6.07, 6.45) is 2.18. The number of benzene rings is 1. The molecule has 6 heteroatoms. The topological polar surface area (TPSA) is 77.0 Å². The average molecular weight is 264 g/mol. The van der Waals surface area contributed by atoms with Crippen LogP contribution in [0.25, 0.3) is 0 Å². The van der Waals surface area contributed by atoms with E-state index in [1.165, 1.54) is 12.1 Å². The molecule has 1 unspecified atom stereocenters. The van der Waals surface area contributed by atoms with E-state index in [1.54, 1.807) is 30.1 Å². The predicted molar refractivity (Wildman–Crippen MR) is 68.9 cm³/mol. The lowest BCUT2D eigenvalue weighted by molar-refractivity contribution is 0.195. The van der Waals surface area contributed by atoms with Crippen LogP contribution >= 0.6 is 0 Å². The second kappa shape index (κ2) is 5.46. The lowest BCUT2D eigenvalue weighted by Gasteiger charge is -2.30. The smallest absolute Gasteiger partial charge is 0.123 e. The van der Waals surface area contributed by atoms with Crippen LogP contribution in [0.3, 0.4) is 0 Å². The Balaban J connectivity index is 2.37. The van der Waals surface area contributed by atoms with Crippen molar-refractivity contribution in [3.05, 3.63) is 47.5 Å². The molecule has 1 heterocycles. The van der Waals surface area contributed by atoms with E-state index in [-0.39, 0.29) is 19.0 Å². The molecule has 1 aromatic carbocycles. The zero-order valence-corrected chi connectivity index (χ0v) is 10.8. The normalized spacial score (nSPS) is 14.3. The van der Waals surface area contributed by atoms with Gasteiger partial charge in [0.25, 0.3) is 0 Å². The summed E-state index contributed by atoms with van der Waals surface area (Å²) in [5.41, 5.74) is 6.46. The quantitative estimate of drug-likeness (QED) is 0.819. The number of aliphatic hydroxyl groups is 1. The van der Waals surface area contributed by atoms with Crippen molar-refractivity contribution >= 4 is 0 Å². The predicted octanol–water partition coefficient (Wildman–Crippen LogP) is 0.386. The van der Waals surface area contributed by atoms with Crippen molar-refractivity contribution in [3.8, 4) is 0 Å². The highest BCUT2D eigenvalue weighted by molar-refractivity contribution is 5.29. The number of hydrogen-bond acceptors (Lipinski definition) is 4. The Hall–Kier alpha value is -1.79. The molecule has 0 amide bonds. The maximum Gasteiger partial charge on any atom is 0.123 e. The standard InChI is InChI=1S/C13H17FN4O/c1-18-7-12(16-17-18)6-13(8-15,9-19)10-3-2-4-11(14)5-10/h2-5,7,19H,6,8-9,15H2,1H3. The summed E-state index contributed by atoms with van der Waals surface area (Å²) >= 11 is 0. The zero-order chi connectivity index (χ0) is 13.9. The number of aliphatic hydroxyl groups excluding tert-OH is 1. The van der Waals surface area contributed by atoms with Gasteiger partial charge in [-0.3, -0.25) is 4.68 Å². The number of rotatable bonds is 5. The third kappa shape index (κ3) is 2.80. The molecular weight excluding hydrogens is 247 g/mol. The molecule has 0 aliphatic carbocycles. The van der Waals surface area contributed by atoms with Crippen molar-refractivity contribution in [3.63, 3.8) is 0 Å². The Labute approximate surface area is 110 Å². The van der Waals surface area contributed by atoms with Gasteiger partial charge in [-0.15, -0.1) is 5.10 Å². The molecule has 0 aliphatic heterocycles. The van der Waals surface area contributed by atoms with Crippen LogP contribution in [0.4, 0.5) is 4.39 Å². The Morgan fingerprint density at radius 3 is 2.79 bits per heavy atom. The van der Waals surface area contributed by atoms with Crippen LogP contribution in [-0.2, 0) is 18.9 Å². The molecule has 0 fully saturated rings. The number of aryl methyl sites for hydroxylation is 1. The molecule has 3 N–H and O–H groups in total. The summed E-state index contributed by atoms with van der Waals surface area (Å²) in [7, 11) is 1.77. The summed E-state index contributed by atoms with van der Waals surface area (Å²) in [5, 5.41) is 17.6. The monoisotopic (exact) mass is 264 g/mol. The molecule has 0 saturated heterocycles. The minimum Gasteiger partial charge on any atom is -0.395 e. The van der Waals surface area contributed by atoms with Gasteiger partial charge in [0.1, 0.15) is 5.82 Å². The Morgan fingerprint density at radius 1 is 1.47 bits per heavy atom. The largest absolute Gasteiger partial charge is 0.395 e. The van der Waals surface area contributed by atoms with E-state index in [1.807, 2.05) is 0 Å². The first-order valence-electron chi connectivity index (χ1n) is 6.02. The van der Waals surface area contributed by atoms with E-state index < -0.39 is 5.41 Å². The molecule has 0 bridgehead atoms. The van der Waals surface area contributed by atoms with E-state index in [4.69, 9.17) is 5.73 Å². The molecule has 2 aromatic rings. The summed E-state index contributed by atoms with van der Waals surface area (Å²) in [6, 6.07) is 6.15. The van der Waals surface area contributed by atoms with Crippen molar-refractivity contribution < 1.29 is 9.50 Å². The van der Waals surface area contributed by atoms with Gasteiger partial charge in [0.15, 0.2) is 0 Å². The first-order chi connectivity index (χ1) is 9.09. The van der Waals surface area contributed by atoms with Crippen molar-refractivity contribution in [1.29, 1.82) is 0 Å². The summed E-state index contributed by atoms with van der Waals surface area (Å²) < 4.78 is 14.9. The maximum atomic E-state index is 13.4. The van der Waals surface area contributed by atoms with Crippen molar-refractivity contribution in [2.24, 2.45) is 12.8 Å². The second-order valence-electron chi connectivity index (χ2n) is 4.71. The van der Waals surface area contributed by atoms with E-state index in [9.17, 15) is 9.50 Å². The van der Waals surface area contributed by atoms with E-state index in [0.29, 0.717) is 17.7 Å². The van der Waals surface area contributed by atoms with Gasteiger partial charge in [-0.1, -0.05) is 17.3 Å². The fourth-order valence-corrected chi connectivity index (χ4v) is 2.15. The molecule has 0 radical (unpaired) electrons. The lowest BCUT2D eigenvalue weighted by Crippen LogP contribution is -2.41. The molecule has 0 aliphatic rings. The van der Waals surface area contributed by atoms with Crippen LogP contribution in [0.5, 0.6) is 0 Å². The van der Waals surface area contributed by atoms with Gasteiger partial charge in [0.2, 0.25) is 0 Å². The highest BCUT2D eigenvalue weighted by Gasteiger charge is 2.32. The summed E-state index contributed by atoms with van der Waals surface area (Å²) in [6.45, 7) is 0.0209. The third-order valence-electron chi connectivity index (χ3n) is 3.30. The lowest BCUT2D eigenvalue weighted by atomic mass is 9.77. The first-order valence-corrected chi connectivity index (χ1v) is 6.02. The summed E-state index contributed by atoms with van der Waals surface area (Å²) in [5.74, 6) is -0.345. The molecule has 0 spiro atoms. The van der Waals surface area contributed by atoms with Gasteiger partial charge in [0, 0.05) is 31.6 Å². The molecule has 5 nitrogen and oxygen atoms in total. The van der Waals surface area contributed by atoms with Crippen LogP contribution in [0.1, 0.15) is 11.3 Å². The van der Waals surface area contributed by atoms with Crippen LogP contribution in [0.2, 0.25) is 0 Å². The molecule has 19 heavy (non-hydrogen) atoms. The fraction of sp³-hybridized carbons (Fsp3) is 0.385. The third-order valence-corrected chi connectivity index (χ3v) is 3.30. The van der Waals surface area contributed by atoms with Gasteiger partial charge in [0.05, 0.1) is 12.3 Å². The zero-order valence-electron chi connectivity index (χ0n) is 10.8. The maximum absolute atomic E-state index is 13.4. The first kappa shape index (κ1) is 13.6. The minimum atomic E-state index is -0.738. The van der Waals surface area contributed by atoms with Gasteiger partial charge >= 0.3 is 0 Å². The van der Waals surface area contributed by atoms with Crippen molar-refractivity contribution in [1.82, 2.24) is 15.0 Å². The highest BCUT2D eigenvalue weighted by Crippen LogP contribution is 2.27. The van der Waals surface area contributed by atoms with Crippen LogP contribution < -0.4 is 5.73 Å². The average Bonchev–Trinajstić information content (AvgIpc) is 2.81. The van der Waals surface area contributed by atoms with Crippen LogP contribution in [0.15, 0.2) is 30.5 Å². The van der Waals surface area contributed by atoms with Crippen molar-refractivity contribution in [2.45, 2.75) is 11.8 Å². The van der Waals surface area contributed by atoms with Gasteiger partial charge in [-0.2, -0.15) is 0 Å². The minimum absolute atomic E-state index is 0.177. The molecule has 102 valence electrons. The summed E-state index contributed by atoms with van der Waals surface area (Å²) in [4.78, 5) is 0. The van der Waals surface area contributed by atoms with E-state index in [0.717, 1.165) is 0 Å². The number of nitrogens with zero attached hydrogens (tertiary/aromatic N) is 3. The van der Waals surface area contributed by atoms with Gasteiger partial charge in [-0.25, -0.2) is 4.39 Å². The van der Waals surface area contributed by atoms with Crippen molar-refractivity contribution in [2.75, 3.05) is 13.2 Å². The SMILES string of the molecule is Cn1cc(CC(CN)(CO)c2cccc(F)c2)nn1. The Kier molecular flexibility index (Phi) is 3.92. The van der Waals surface area contributed by atoms with Crippen LogP contribution in [0, 0.1) is 5.82 Å². The second-order valence-corrected chi connectivity index (χ2v) is 4.71. The number of hydrogen-bond donors (Lipinski definition) is 2. The fourth-order valence-electron chi connectivity index (χ4n) is 2.15. The number of halogens is 1. The number of aromatic nitrogens is 3. The molecule has 2 rings (SSSR count). The molecular formula is C13H17FN4O. The Bertz CT molecular complexity index is 551. The molecule has 1 atom stereocenters. The number of nitrogens with two attached hydrogens (primary N) is 1. The Morgan fingerprint density at radius 2 is 2.26 bits per heavy atom. The highest BCUT2D eigenvalue weighted by atomic mass is 19.1. The van der Waals surface area contributed by atoms with E-state index in [2.05, 4.69) is 10.3 Å². The molecule has 0 saturated carbocycles. The molecule has 1 aromatic heterocycles. The van der Waals surface area contributed by atoms with Crippen LogP contribution in [-0.4, -0.2) is 33.3 Å². The van der Waals surface area contributed by atoms with Gasteiger partial charge in [-0.05, 0) is 17.7 Å². The van der Waals surface area contributed by atoms with Gasteiger partial charge < -0.3 is 10.8 Å².